The topological polar surface area (TPSA) is 59.5 Å². The Bertz CT molecular complexity index is 1180. The van der Waals surface area contributed by atoms with E-state index in [1.165, 1.54) is 32.3 Å². The lowest BCUT2D eigenvalue weighted by Crippen LogP contribution is -2.18. The molecule has 174 valence electrons. The van der Waals surface area contributed by atoms with Crippen molar-refractivity contribution in [1.82, 2.24) is 14.9 Å². The van der Waals surface area contributed by atoms with Gasteiger partial charge in [-0.05, 0) is 71.8 Å². The Balaban J connectivity index is 1.37. The maximum atomic E-state index is 14.6. The van der Waals surface area contributed by atoms with Crippen LogP contribution in [0.4, 0.5) is 15.9 Å². The van der Waals surface area contributed by atoms with E-state index in [0.29, 0.717) is 45.2 Å². The minimum atomic E-state index is -0.558. The third-order valence-corrected chi connectivity index (χ3v) is 7.97. The van der Waals surface area contributed by atoms with Crippen LogP contribution in [0.2, 0.25) is 5.02 Å². The number of rotatable bonds is 6. The third-order valence-electron chi connectivity index (χ3n) is 6.71. The lowest BCUT2D eigenvalue weighted by molar-refractivity contribution is 0.227. The molecule has 1 unspecified atom stereocenters. The van der Waals surface area contributed by atoms with Crippen molar-refractivity contribution in [1.29, 1.82) is 0 Å². The second-order valence-corrected chi connectivity index (χ2v) is 10.2. The Morgan fingerprint density at radius 3 is 2.67 bits per heavy atom. The second-order valence-electron chi connectivity index (χ2n) is 8.98. The van der Waals surface area contributed by atoms with Gasteiger partial charge in [0.25, 0.3) is 0 Å². The van der Waals surface area contributed by atoms with E-state index in [1.807, 2.05) is 12.1 Å². The molecule has 1 aliphatic heterocycles. The molecule has 0 bridgehead atoms. The molecule has 33 heavy (non-hydrogen) atoms. The smallest absolute Gasteiger partial charge is 0.166 e. The van der Waals surface area contributed by atoms with E-state index >= 15 is 0 Å². The molecule has 1 N–H and O–H groups in total. The van der Waals surface area contributed by atoms with Gasteiger partial charge in [0, 0.05) is 29.0 Å². The highest BCUT2D eigenvalue weighted by Gasteiger charge is 2.39. The summed E-state index contributed by atoms with van der Waals surface area (Å²) in [5, 5.41) is 3.73. The first-order valence-corrected chi connectivity index (χ1v) is 12.1. The number of hydrogen-bond acceptors (Lipinski definition) is 6. The van der Waals surface area contributed by atoms with Crippen LogP contribution in [-0.2, 0) is 0 Å². The van der Waals surface area contributed by atoms with Gasteiger partial charge in [-0.15, -0.1) is 0 Å². The first kappa shape index (κ1) is 22.6. The Hall–Kier alpha value is -2.16. The summed E-state index contributed by atoms with van der Waals surface area (Å²) in [5.41, 5.74) is 0.900. The summed E-state index contributed by atoms with van der Waals surface area (Å²) in [7, 11) is 3.81. The van der Waals surface area contributed by atoms with Gasteiger partial charge in [0.2, 0.25) is 0 Å². The van der Waals surface area contributed by atoms with Crippen molar-refractivity contribution in [3.05, 3.63) is 45.9 Å². The molecule has 3 atom stereocenters. The summed E-state index contributed by atoms with van der Waals surface area (Å²) in [6.45, 7) is 3.05. The van der Waals surface area contributed by atoms with E-state index in [2.05, 4.69) is 43.2 Å². The van der Waals surface area contributed by atoms with E-state index in [1.54, 1.807) is 19.2 Å². The highest BCUT2D eigenvalue weighted by molar-refractivity contribution is 9.10. The summed E-state index contributed by atoms with van der Waals surface area (Å²) >= 11 is 9.26. The first-order valence-electron chi connectivity index (χ1n) is 11.0. The van der Waals surface area contributed by atoms with Gasteiger partial charge in [-0.1, -0.05) is 11.6 Å². The fraction of sp³-hybridized carbons (Fsp3) is 0.417. The Kier molecular flexibility index (Phi) is 6.33. The van der Waals surface area contributed by atoms with Crippen LogP contribution in [0.15, 0.2) is 35.1 Å². The highest BCUT2D eigenvalue weighted by atomic mass is 79.9. The zero-order valence-corrected chi connectivity index (χ0v) is 20.8. The number of nitrogens with one attached hydrogen (secondary N) is 1. The summed E-state index contributed by atoms with van der Waals surface area (Å²) in [5.74, 6) is 3.27. The highest BCUT2D eigenvalue weighted by Crippen LogP contribution is 2.42. The molecule has 0 spiro atoms. The number of nitrogens with zero attached hydrogens (tertiary/aromatic N) is 3. The molecule has 1 saturated carbocycles. The molecule has 2 fully saturated rings. The zero-order chi connectivity index (χ0) is 23.1. The lowest BCUT2D eigenvalue weighted by atomic mass is 10.0. The number of ether oxygens (including phenoxy) is 2. The SMILES string of the molecule is COc1cc2c(Nc3ccc(Br)c(Cl)c3F)ncnc2cc1OC[C@H]1CC2CN(C)C[C@H]2C1. The molecular formula is C24H25BrClFN4O2. The summed E-state index contributed by atoms with van der Waals surface area (Å²) in [6, 6.07) is 6.96. The molecule has 2 aliphatic rings. The van der Waals surface area contributed by atoms with Gasteiger partial charge in [0.05, 0.1) is 29.9 Å². The maximum absolute atomic E-state index is 14.6. The molecule has 2 heterocycles. The van der Waals surface area contributed by atoms with Crippen LogP contribution in [0.3, 0.4) is 0 Å². The quantitative estimate of drug-likeness (QED) is 0.397. The second kappa shape index (κ2) is 9.24. The molecule has 1 aromatic heterocycles. The zero-order valence-electron chi connectivity index (χ0n) is 18.4. The first-order chi connectivity index (χ1) is 15.9. The van der Waals surface area contributed by atoms with Gasteiger partial charge >= 0.3 is 0 Å². The molecular weight excluding hydrogens is 511 g/mol. The van der Waals surface area contributed by atoms with Crippen LogP contribution in [0, 0.1) is 23.6 Å². The van der Waals surface area contributed by atoms with Gasteiger partial charge < -0.3 is 19.7 Å². The number of anilines is 2. The van der Waals surface area contributed by atoms with E-state index in [0.717, 1.165) is 11.8 Å². The van der Waals surface area contributed by atoms with E-state index < -0.39 is 5.82 Å². The van der Waals surface area contributed by atoms with Crippen molar-refractivity contribution in [3.63, 3.8) is 0 Å². The standard InChI is InChI=1S/C24H25BrClFN4O2/c1-31-9-14-5-13(6-15(14)10-31)11-33-21-8-19-16(7-20(21)32-2)24(29-12-28-19)30-18-4-3-17(25)22(26)23(18)27/h3-4,7-8,12-15H,5-6,9-11H2,1-2H3,(H,28,29,30)/t13-,14-,15?/m1/s1. The van der Waals surface area contributed by atoms with Crippen molar-refractivity contribution in [2.75, 3.05) is 39.2 Å². The molecule has 0 amide bonds. The monoisotopic (exact) mass is 534 g/mol. The molecule has 1 aliphatic carbocycles. The maximum Gasteiger partial charge on any atom is 0.166 e. The van der Waals surface area contributed by atoms with Crippen LogP contribution < -0.4 is 14.8 Å². The molecule has 6 nitrogen and oxygen atoms in total. The van der Waals surface area contributed by atoms with Crippen molar-refractivity contribution in [3.8, 4) is 11.5 Å². The Labute approximate surface area is 205 Å². The molecule has 9 heteroatoms. The van der Waals surface area contributed by atoms with E-state index in [4.69, 9.17) is 21.1 Å². The molecule has 5 rings (SSSR count). The van der Waals surface area contributed by atoms with Gasteiger partial charge in [-0.3, -0.25) is 0 Å². The van der Waals surface area contributed by atoms with Gasteiger partial charge in [0.15, 0.2) is 17.3 Å². The van der Waals surface area contributed by atoms with Crippen molar-refractivity contribution in [2.45, 2.75) is 12.8 Å². The summed E-state index contributed by atoms with van der Waals surface area (Å²) in [6.07, 6.45) is 3.86. The normalized spacial score (nSPS) is 22.5. The van der Waals surface area contributed by atoms with Crippen molar-refractivity contribution in [2.24, 2.45) is 17.8 Å². The largest absolute Gasteiger partial charge is 0.493 e. The Morgan fingerprint density at radius 2 is 1.94 bits per heavy atom. The van der Waals surface area contributed by atoms with Crippen LogP contribution in [-0.4, -0.2) is 48.7 Å². The number of methoxy groups -OCH3 is 1. The van der Waals surface area contributed by atoms with Crippen LogP contribution >= 0.6 is 27.5 Å². The van der Waals surface area contributed by atoms with Gasteiger partial charge in [0.1, 0.15) is 12.1 Å². The minimum Gasteiger partial charge on any atom is -0.493 e. The number of halogens is 3. The van der Waals surface area contributed by atoms with Crippen LogP contribution in [0.1, 0.15) is 12.8 Å². The number of likely N-dealkylation sites (tertiary alicyclic amines) is 1. The number of aromatic nitrogens is 2. The van der Waals surface area contributed by atoms with Crippen LogP contribution in [0.25, 0.3) is 10.9 Å². The lowest BCUT2D eigenvalue weighted by Gasteiger charge is -2.17. The number of hydrogen-bond donors (Lipinski definition) is 1. The molecule has 1 saturated heterocycles. The van der Waals surface area contributed by atoms with Crippen LogP contribution in [0.5, 0.6) is 11.5 Å². The molecule has 0 radical (unpaired) electrons. The molecule has 2 aromatic carbocycles. The predicted octanol–water partition coefficient (Wildman–Crippen LogP) is 5.90. The fourth-order valence-corrected chi connectivity index (χ4v) is 5.66. The average Bonchev–Trinajstić information content (AvgIpc) is 3.34. The summed E-state index contributed by atoms with van der Waals surface area (Å²) < 4.78 is 26.9. The van der Waals surface area contributed by atoms with Crippen molar-refractivity contribution >= 4 is 49.9 Å². The number of benzene rings is 2. The minimum absolute atomic E-state index is 0.00864. The fourth-order valence-electron chi connectivity index (χ4n) is 5.19. The third kappa shape index (κ3) is 4.48. The summed E-state index contributed by atoms with van der Waals surface area (Å²) in [4.78, 5) is 11.1. The van der Waals surface area contributed by atoms with Gasteiger partial charge in [-0.25, -0.2) is 14.4 Å². The van der Waals surface area contributed by atoms with Gasteiger partial charge in [-0.2, -0.15) is 0 Å². The average molecular weight is 536 g/mol. The predicted molar refractivity (Wildman–Crippen MR) is 131 cm³/mol. The number of fused-ring (bicyclic) bond motifs is 2. The van der Waals surface area contributed by atoms with Crippen molar-refractivity contribution < 1.29 is 13.9 Å². The Morgan fingerprint density at radius 1 is 1.18 bits per heavy atom. The molecule has 3 aromatic rings. The van der Waals surface area contributed by atoms with E-state index in [9.17, 15) is 4.39 Å². The van der Waals surface area contributed by atoms with E-state index in [-0.39, 0.29) is 10.7 Å².